The van der Waals surface area contributed by atoms with Crippen LogP contribution >= 0.6 is 0 Å². The zero-order valence-electron chi connectivity index (χ0n) is 21.2. The highest BCUT2D eigenvalue weighted by Gasteiger charge is 2.39. The molecule has 0 fully saturated rings. The van der Waals surface area contributed by atoms with E-state index in [0.29, 0.717) is 0 Å². The molecule has 0 amide bonds. The molecule has 1 aromatic rings. The highest BCUT2D eigenvalue weighted by molar-refractivity contribution is 6.74. The maximum atomic E-state index is 6.82. The van der Waals surface area contributed by atoms with Crippen LogP contribution in [-0.2, 0) is 10.8 Å². The van der Waals surface area contributed by atoms with Crippen LogP contribution in [0.5, 0.6) is 0 Å². The third-order valence-electron chi connectivity index (χ3n) is 6.25. The largest absolute Gasteiger partial charge is 0.547 e. The normalized spacial score (nSPS) is 13.7. The Morgan fingerprint density at radius 3 is 2.03 bits per heavy atom. The predicted molar refractivity (Wildman–Crippen MR) is 137 cm³/mol. The maximum Gasteiger partial charge on any atom is 0.250 e. The van der Waals surface area contributed by atoms with E-state index in [-0.39, 0.29) is 5.04 Å². The molecule has 0 bridgehead atoms. The van der Waals surface area contributed by atoms with Crippen LogP contribution in [0.4, 0.5) is 0 Å². The Kier molecular flexibility index (Phi) is 10.9. The molecule has 0 saturated carbocycles. The zero-order chi connectivity index (χ0) is 22.8. The van der Waals surface area contributed by atoms with Gasteiger partial charge in [0, 0.05) is 6.42 Å². The maximum absolute atomic E-state index is 6.82. The summed E-state index contributed by atoms with van der Waals surface area (Å²) in [6.07, 6.45) is 11.3. The number of aryl methyl sites for hydroxylation is 1. The van der Waals surface area contributed by atoms with Crippen LogP contribution in [0.15, 0.2) is 65.0 Å². The molecule has 1 nitrogen and oxygen atoms in total. The quantitative estimate of drug-likeness (QED) is 0.194. The molecule has 1 rings (SSSR count). The number of rotatable bonds is 11. The first kappa shape index (κ1) is 26.5. The summed E-state index contributed by atoms with van der Waals surface area (Å²) < 4.78 is 6.82. The van der Waals surface area contributed by atoms with E-state index in [0.717, 1.165) is 38.5 Å². The van der Waals surface area contributed by atoms with E-state index in [1.54, 1.807) is 0 Å². The molecule has 30 heavy (non-hydrogen) atoms. The Hall–Kier alpha value is -1.54. The lowest BCUT2D eigenvalue weighted by Crippen LogP contribution is -2.40. The lowest BCUT2D eigenvalue weighted by molar-refractivity contribution is 0.359. The topological polar surface area (TPSA) is 9.23 Å². The average Bonchev–Trinajstić information content (AvgIpc) is 2.64. The van der Waals surface area contributed by atoms with Gasteiger partial charge < -0.3 is 4.43 Å². The van der Waals surface area contributed by atoms with Gasteiger partial charge in [0.15, 0.2) is 0 Å². The van der Waals surface area contributed by atoms with Crippen molar-refractivity contribution in [1.82, 2.24) is 0 Å². The highest BCUT2D eigenvalue weighted by Crippen LogP contribution is 2.39. The Balaban J connectivity index is 2.86. The smallest absolute Gasteiger partial charge is 0.250 e. The summed E-state index contributed by atoms with van der Waals surface area (Å²) >= 11 is 0. The molecule has 0 saturated heterocycles. The van der Waals surface area contributed by atoms with Crippen molar-refractivity contribution in [2.75, 3.05) is 0 Å². The molecular formula is C28H46OSi. The standard InChI is InChI=1S/C28H46OSi/c1-23(2)15-13-16-24(3)17-14-18-25(4)27(29-30(8,9)28(5,6)7)22-21-26-19-11-10-12-20-26/h10-12,15,17,19-20H,13-14,16,18,21-22H2,1-9H3/b24-17+,27-25-. The third kappa shape index (κ3) is 9.98. The molecule has 0 aliphatic heterocycles. The summed E-state index contributed by atoms with van der Waals surface area (Å²) in [5.41, 5.74) is 5.71. The van der Waals surface area contributed by atoms with Crippen LogP contribution < -0.4 is 0 Å². The van der Waals surface area contributed by atoms with Crippen LogP contribution in [0, 0.1) is 0 Å². The number of hydrogen-bond acceptors (Lipinski definition) is 1. The van der Waals surface area contributed by atoms with Crippen LogP contribution in [0.25, 0.3) is 0 Å². The van der Waals surface area contributed by atoms with E-state index in [1.807, 2.05) is 0 Å². The monoisotopic (exact) mass is 426 g/mol. The van der Waals surface area contributed by atoms with Gasteiger partial charge in [0.05, 0.1) is 5.76 Å². The van der Waals surface area contributed by atoms with Gasteiger partial charge in [-0.2, -0.15) is 0 Å². The first-order valence-corrected chi connectivity index (χ1v) is 14.5. The van der Waals surface area contributed by atoms with Crippen molar-refractivity contribution < 1.29 is 4.43 Å². The number of hydrogen-bond donors (Lipinski definition) is 0. The van der Waals surface area contributed by atoms with Gasteiger partial charge in [0.1, 0.15) is 0 Å². The molecule has 0 aliphatic carbocycles. The van der Waals surface area contributed by atoms with Crippen molar-refractivity contribution in [1.29, 1.82) is 0 Å². The third-order valence-corrected chi connectivity index (χ3v) is 10.6. The second-order valence-corrected chi connectivity index (χ2v) is 15.2. The van der Waals surface area contributed by atoms with E-state index >= 15 is 0 Å². The molecule has 0 heterocycles. The molecular weight excluding hydrogens is 380 g/mol. The Morgan fingerprint density at radius 1 is 0.867 bits per heavy atom. The van der Waals surface area contributed by atoms with Gasteiger partial charge in [-0.3, -0.25) is 0 Å². The predicted octanol–water partition coefficient (Wildman–Crippen LogP) is 9.39. The molecule has 0 radical (unpaired) electrons. The summed E-state index contributed by atoms with van der Waals surface area (Å²) in [5, 5.41) is 0.215. The van der Waals surface area contributed by atoms with Crippen LogP contribution in [0.1, 0.15) is 86.1 Å². The molecule has 0 N–H and O–H groups in total. The minimum atomic E-state index is -1.84. The fourth-order valence-electron chi connectivity index (χ4n) is 3.08. The molecule has 0 spiro atoms. The summed E-state index contributed by atoms with van der Waals surface area (Å²) in [4.78, 5) is 0. The molecule has 0 unspecified atom stereocenters. The van der Waals surface area contributed by atoms with Gasteiger partial charge in [-0.25, -0.2) is 0 Å². The SMILES string of the molecule is CC(C)=CCC/C(C)=C/CC/C(C)=C(/CCc1ccccc1)O[Si](C)(C)C(C)(C)C. The minimum absolute atomic E-state index is 0.215. The molecule has 0 aliphatic rings. The second-order valence-electron chi connectivity index (χ2n) is 10.5. The Labute approximate surface area is 188 Å². The van der Waals surface area contributed by atoms with Gasteiger partial charge in [0.2, 0.25) is 8.32 Å². The van der Waals surface area contributed by atoms with Crippen molar-refractivity contribution in [2.45, 2.75) is 105 Å². The zero-order valence-corrected chi connectivity index (χ0v) is 22.2. The Morgan fingerprint density at radius 2 is 1.47 bits per heavy atom. The molecule has 2 heteroatoms. The molecule has 168 valence electrons. The molecule has 1 aromatic carbocycles. The van der Waals surface area contributed by atoms with Crippen LogP contribution in [0.3, 0.4) is 0 Å². The fraction of sp³-hybridized carbons (Fsp3) is 0.571. The van der Waals surface area contributed by atoms with Gasteiger partial charge in [0.25, 0.3) is 0 Å². The van der Waals surface area contributed by atoms with E-state index in [4.69, 9.17) is 4.43 Å². The van der Waals surface area contributed by atoms with Crippen LogP contribution in [-0.4, -0.2) is 8.32 Å². The summed E-state index contributed by atoms with van der Waals surface area (Å²) in [6.45, 7) is 20.6. The summed E-state index contributed by atoms with van der Waals surface area (Å²) in [5.74, 6) is 1.24. The summed E-state index contributed by atoms with van der Waals surface area (Å²) in [7, 11) is -1.84. The van der Waals surface area contributed by atoms with Gasteiger partial charge >= 0.3 is 0 Å². The molecule has 0 aromatic heterocycles. The summed E-state index contributed by atoms with van der Waals surface area (Å²) in [6, 6.07) is 10.8. The minimum Gasteiger partial charge on any atom is -0.547 e. The van der Waals surface area contributed by atoms with Crippen molar-refractivity contribution >= 4 is 8.32 Å². The lowest BCUT2D eigenvalue weighted by atomic mass is 10.0. The van der Waals surface area contributed by atoms with Crippen molar-refractivity contribution in [3.63, 3.8) is 0 Å². The van der Waals surface area contributed by atoms with Crippen molar-refractivity contribution in [3.05, 3.63) is 70.5 Å². The second kappa shape index (κ2) is 12.3. The average molecular weight is 427 g/mol. The van der Waals surface area contributed by atoms with Gasteiger partial charge in [-0.15, -0.1) is 0 Å². The lowest BCUT2D eigenvalue weighted by Gasteiger charge is -2.38. The van der Waals surface area contributed by atoms with E-state index < -0.39 is 8.32 Å². The number of benzene rings is 1. The Bertz CT molecular complexity index is 726. The highest BCUT2D eigenvalue weighted by atomic mass is 28.4. The van der Waals surface area contributed by atoms with Gasteiger partial charge in [-0.1, -0.05) is 74.4 Å². The van der Waals surface area contributed by atoms with E-state index in [1.165, 1.54) is 28.0 Å². The number of allylic oxidation sites excluding steroid dienone is 6. The first-order valence-electron chi connectivity index (χ1n) is 11.6. The fourth-order valence-corrected chi connectivity index (χ4v) is 4.28. The van der Waals surface area contributed by atoms with Gasteiger partial charge in [-0.05, 0) is 89.1 Å². The van der Waals surface area contributed by atoms with Crippen molar-refractivity contribution in [2.24, 2.45) is 0 Å². The van der Waals surface area contributed by atoms with E-state index in [9.17, 15) is 0 Å². The van der Waals surface area contributed by atoms with Crippen molar-refractivity contribution in [3.8, 4) is 0 Å². The first-order chi connectivity index (χ1) is 13.9. The molecule has 0 atom stereocenters. The van der Waals surface area contributed by atoms with Crippen LogP contribution in [0.2, 0.25) is 18.1 Å². The van der Waals surface area contributed by atoms with E-state index in [2.05, 4.69) is 104 Å².